The van der Waals surface area contributed by atoms with Crippen LogP contribution in [0.15, 0.2) is 85.1 Å². The normalized spacial score (nSPS) is 13.6. The van der Waals surface area contributed by atoms with Crippen molar-refractivity contribution in [3.8, 4) is 0 Å². The van der Waals surface area contributed by atoms with E-state index in [-0.39, 0.29) is 36.2 Å². The molecule has 0 aromatic rings. The molecule has 0 amide bonds. The van der Waals surface area contributed by atoms with E-state index in [0.29, 0.717) is 19.3 Å². The number of ether oxygens (including phenoxy) is 3. The third-order valence-electron chi connectivity index (χ3n) is 10.5. The van der Waals surface area contributed by atoms with Crippen LogP contribution in [-0.2, 0) is 28.6 Å². The molecule has 0 aromatic carbocycles. The first-order valence-electron chi connectivity index (χ1n) is 24.6. The fraction of sp³-hybridized carbons (Fsp3) is 0.685. The summed E-state index contributed by atoms with van der Waals surface area (Å²) in [5.41, 5.74) is 0. The van der Waals surface area contributed by atoms with Gasteiger partial charge < -0.3 is 23.8 Å². The maximum atomic E-state index is 12.8. The summed E-state index contributed by atoms with van der Waals surface area (Å²) in [7, 11) is 5.52. The van der Waals surface area contributed by atoms with Crippen molar-refractivity contribution < 1.29 is 38.2 Å². The number of hydrogen-bond donors (Lipinski definition) is 1. The van der Waals surface area contributed by atoms with Crippen LogP contribution in [0, 0.1) is 0 Å². The number of esters is 2. The van der Waals surface area contributed by atoms with Crippen molar-refractivity contribution >= 4 is 17.9 Å². The molecule has 62 heavy (non-hydrogen) atoms. The van der Waals surface area contributed by atoms with Crippen LogP contribution in [0.2, 0.25) is 0 Å². The largest absolute Gasteiger partial charge is 0.477 e. The van der Waals surface area contributed by atoms with Crippen LogP contribution in [0.4, 0.5) is 0 Å². The minimum absolute atomic E-state index is 0.0491. The zero-order chi connectivity index (χ0) is 45.6. The van der Waals surface area contributed by atoms with Crippen LogP contribution in [0.5, 0.6) is 0 Å². The Balaban J connectivity index is 4.32. The van der Waals surface area contributed by atoms with Gasteiger partial charge in [-0.05, 0) is 83.5 Å². The summed E-state index contributed by atoms with van der Waals surface area (Å²) in [6, 6.07) is -0.623. The molecule has 8 heteroatoms. The van der Waals surface area contributed by atoms with Gasteiger partial charge in [0.1, 0.15) is 6.61 Å². The Morgan fingerprint density at radius 2 is 0.855 bits per heavy atom. The average molecular weight is 867 g/mol. The standard InChI is InChI=1S/C54H91NO7/c1-6-8-10-12-14-16-18-20-22-24-26-28-30-32-34-36-38-40-42-44-52(56)61-49-50(48-60-47-46-51(54(58)59)55(3,4)5)62-53(57)45-43-41-39-37-35-33-31-29-27-25-23-21-19-17-15-13-11-9-7-2/h8-11,14-17,20-23,27,29,50-51H,6-7,12-13,18-19,24-26,28,30-49H2,1-5H3/p+1/b10-8+,11-9+,16-14+,17-15+,22-20+,23-21+,29-27+. The van der Waals surface area contributed by atoms with Gasteiger partial charge in [0.25, 0.3) is 0 Å². The molecule has 0 saturated heterocycles. The predicted octanol–water partition coefficient (Wildman–Crippen LogP) is 14.1. The van der Waals surface area contributed by atoms with Gasteiger partial charge in [-0.25, -0.2) is 4.79 Å². The summed E-state index contributed by atoms with van der Waals surface area (Å²) >= 11 is 0. The highest BCUT2D eigenvalue weighted by molar-refractivity contribution is 5.72. The summed E-state index contributed by atoms with van der Waals surface area (Å²) in [6.45, 7) is 4.49. The highest BCUT2D eigenvalue weighted by Crippen LogP contribution is 2.14. The second kappa shape index (κ2) is 44.1. The molecular weight excluding hydrogens is 775 g/mol. The van der Waals surface area contributed by atoms with Gasteiger partial charge in [0.15, 0.2) is 12.1 Å². The van der Waals surface area contributed by atoms with Crippen LogP contribution in [0.3, 0.4) is 0 Å². The van der Waals surface area contributed by atoms with E-state index in [1.807, 2.05) is 21.1 Å². The molecule has 0 aliphatic carbocycles. The number of carboxylic acids is 1. The molecule has 0 saturated carbocycles. The smallest absolute Gasteiger partial charge is 0.362 e. The minimum atomic E-state index is -0.881. The molecule has 2 atom stereocenters. The van der Waals surface area contributed by atoms with Gasteiger partial charge in [-0.3, -0.25) is 9.59 Å². The number of nitrogens with zero attached hydrogens (tertiary/aromatic N) is 1. The lowest BCUT2D eigenvalue weighted by atomic mass is 10.1. The molecule has 0 aliphatic heterocycles. The van der Waals surface area contributed by atoms with Gasteiger partial charge in [-0.1, -0.05) is 170 Å². The second-order valence-corrected chi connectivity index (χ2v) is 17.3. The Labute approximate surface area is 380 Å². The van der Waals surface area contributed by atoms with Gasteiger partial charge in [0.05, 0.1) is 34.4 Å². The Bertz CT molecular complexity index is 1290. The quantitative estimate of drug-likeness (QED) is 0.0282. The monoisotopic (exact) mass is 867 g/mol. The molecule has 0 fully saturated rings. The van der Waals surface area contributed by atoms with E-state index in [1.54, 1.807) is 0 Å². The summed E-state index contributed by atoms with van der Waals surface area (Å²) in [5, 5.41) is 9.65. The summed E-state index contributed by atoms with van der Waals surface area (Å²) in [5.74, 6) is -1.50. The molecule has 0 bridgehead atoms. The van der Waals surface area contributed by atoms with Crippen LogP contribution >= 0.6 is 0 Å². The summed E-state index contributed by atoms with van der Waals surface area (Å²) < 4.78 is 17.3. The Morgan fingerprint density at radius 1 is 0.484 bits per heavy atom. The van der Waals surface area contributed by atoms with Crippen molar-refractivity contribution in [2.75, 3.05) is 41.0 Å². The first-order valence-corrected chi connectivity index (χ1v) is 24.6. The van der Waals surface area contributed by atoms with Crippen molar-refractivity contribution in [1.82, 2.24) is 0 Å². The van der Waals surface area contributed by atoms with Gasteiger partial charge in [-0.15, -0.1) is 0 Å². The van der Waals surface area contributed by atoms with Gasteiger partial charge in [-0.2, -0.15) is 0 Å². The second-order valence-electron chi connectivity index (χ2n) is 17.3. The Morgan fingerprint density at radius 3 is 1.26 bits per heavy atom. The number of aliphatic carboxylic acids is 1. The van der Waals surface area contributed by atoms with Crippen molar-refractivity contribution in [3.63, 3.8) is 0 Å². The van der Waals surface area contributed by atoms with Crippen LogP contribution in [0.25, 0.3) is 0 Å². The van der Waals surface area contributed by atoms with Crippen LogP contribution in [0.1, 0.15) is 187 Å². The number of carboxylic acid groups (broad SMARTS) is 1. The van der Waals surface area contributed by atoms with Gasteiger partial charge in [0.2, 0.25) is 0 Å². The van der Waals surface area contributed by atoms with Gasteiger partial charge >= 0.3 is 17.9 Å². The maximum Gasteiger partial charge on any atom is 0.362 e. The van der Waals surface area contributed by atoms with E-state index < -0.39 is 18.1 Å². The first-order chi connectivity index (χ1) is 30.1. The molecule has 0 aromatic heterocycles. The molecule has 1 N–H and O–H groups in total. The first kappa shape index (κ1) is 58.5. The number of carbonyl (C=O) groups is 3. The zero-order valence-corrected chi connectivity index (χ0v) is 40.3. The average Bonchev–Trinajstić information content (AvgIpc) is 3.23. The molecule has 2 unspecified atom stereocenters. The molecule has 0 aliphatic rings. The number of unbranched alkanes of at least 4 members (excludes halogenated alkanes) is 15. The van der Waals surface area contributed by atoms with Gasteiger partial charge in [0, 0.05) is 19.3 Å². The summed E-state index contributed by atoms with van der Waals surface area (Å²) in [4.78, 5) is 37.1. The number of allylic oxidation sites excluding steroid dienone is 14. The lowest BCUT2D eigenvalue weighted by Gasteiger charge is -2.31. The molecule has 0 spiro atoms. The number of likely N-dealkylation sites (N-methyl/N-ethyl adjacent to an activating group) is 1. The number of quaternary nitrogens is 1. The van der Waals surface area contributed by atoms with E-state index in [0.717, 1.165) is 103 Å². The van der Waals surface area contributed by atoms with Crippen molar-refractivity contribution in [2.45, 2.75) is 199 Å². The SMILES string of the molecule is CC/C=C/C/C=C/C/C=C/C/C=C/CCCCCCCCC(=O)OC(COCCC(C(=O)O)[N+](C)(C)C)COC(=O)CCCCCCCCCCC/C=C/C/C=C/C/C=C/CC. The molecular formula is C54H92NO7+. The van der Waals surface area contributed by atoms with E-state index in [4.69, 9.17) is 14.2 Å². The molecule has 8 nitrogen and oxygen atoms in total. The lowest BCUT2D eigenvalue weighted by molar-refractivity contribution is -0.887. The molecule has 0 rings (SSSR count). The highest BCUT2D eigenvalue weighted by Gasteiger charge is 2.31. The topological polar surface area (TPSA) is 99.1 Å². The number of carbonyl (C=O) groups excluding carboxylic acids is 2. The fourth-order valence-electron chi connectivity index (χ4n) is 6.80. The van der Waals surface area contributed by atoms with Crippen LogP contribution < -0.4 is 0 Å². The minimum Gasteiger partial charge on any atom is -0.477 e. The highest BCUT2D eigenvalue weighted by atomic mass is 16.6. The van der Waals surface area contributed by atoms with E-state index in [1.165, 1.54) is 51.4 Å². The Hall–Kier alpha value is -3.49. The van der Waals surface area contributed by atoms with E-state index in [9.17, 15) is 19.5 Å². The Kier molecular flexibility index (Phi) is 41.6. The molecule has 354 valence electrons. The maximum absolute atomic E-state index is 12.8. The van der Waals surface area contributed by atoms with Crippen molar-refractivity contribution in [1.29, 1.82) is 0 Å². The van der Waals surface area contributed by atoms with Crippen LogP contribution in [-0.4, -0.2) is 80.6 Å². The third kappa shape index (κ3) is 41.8. The lowest BCUT2D eigenvalue weighted by Crippen LogP contribution is -2.50. The predicted molar refractivity (Wildman–Crippen MR) is 261 cm³/mol. The van der Waals surface area contributed by atoms with Crippen molar-refractivity contribution in [2.24, 2.45) is 0 Å². The van der Waals surface area contributed by atoms with E-state index >= 15 is 0 Å². The van der Waals surface area contributed by atoms with Crippen molar-refractivity contribution in [3.05, 3.63) is 85.1 Å². The zero-order valence-electron chi connectivity index (χ0n) is 40.3. The molecule has 0 heterocycles. The fourth-order valence-corrected chi connectivity index (χ4v) is 6.80. The van der Waals surface area contributed by atoms with E-state index in [2.05, 4.69) is 98.9 Å². The number of hydrogen-bond acceptors (Lipinski definition) is 6. The molecule has 0 radical (unpaired) electrons. The summed E-state index contributed by atoms with van der Waals surface area (Å²) in [6.07, 6.45) is 57.7. The third-order valence-corrected chi connectivity index (χ3v) is 10.5. The number of rotatable bonds is 43.